The molecule has 1 fully saturated rings. The molecule has 1 aliphatic heterocycles. The van der Waals surface area contributed by atoms with Gasteiger partial charge in [-0.3, -0.25) is 14.5 Å². The summed E-state index contributed by atoms with van der Waals surface area (Å²) in [5.41, 5.74) is 7.87. The van der Waals surface area contributed by atoms with Gasteiger partial charge in [0.05, 0.1) is 49.4 Å². The molecule has 1 amide bonds. The van der Waals surface area contributed by atoms with Crippen LogP contribution in [0.2, 0.25) is 0 Å². The van der Waals surface area contributed by atoms with E-state index in [1.807, 2.05) is 53.5 Å². The summed E-state index contributed by atoms with van der Waals surface area (Å²) in [6, 6.07) is 12.3. The molecule has 0 saturated carbocycles. The Labute approximate surface area is 289 Å². The van der Waals surface area contributed by atoms with Crippen LogP contribution in [0.4, 0.5) is 5.69 Å². The molecule has 49 heavy (non-hydrogen) atoms. The molecule has 0 radical (unpaired) electrons. The zero-order valence-corrected chi connectivity index (χ0v) is 29.2. The Morgan fingerprint density at radius 3 is 2.53 bits per heavy atom. The van der Waals surface area contributed by atoms with E-state index in [0.29, 0.717) is 25.6 Å². The van der Waals surface area contributed by atoms with E-state index in [0.717, 1.165) is 103 Å². The van der Waals surface area contributed by atoms with Crippen molar-refractivity contribution in [2.45, 2.75) is 96.6 Å². The minimum Gasteiger partial charge on any atom is -0.497 e. The van der Waals surface area contributed by atoms with Crippen molar-refractivity contribution in [1.82, 2.24) is 30.5 Å². The number of amides is 1. The zero-order chi connectivity index (χ0) is 34.4. The summed E-state index contributed by atoms with van der Waals surface area (Å²) >= 11 is 0. The highest BCUT2D eigenvalue weighted by Crippen LogP contribution is 2.30. The number of methoxy groups -OCH3 is 2. The third kappa shape index (κ3) is 11.1. The van der Waals surface area contributed by atoms with E-state index < -0.39 is 0 Å². The van der Waals surface area contributed by atoms with Crippen LogP contribution in [0.15, 0.2) is 55.0 Å². The number of unbranched alkanes of at least 4 members (excludes halogenated alkanes) is 4. The van der Waals surface area contributed by atoms with Gasteiger partial charge in [0, 0.05) is 62.1 Å². The Morgan fingerprint density at radius 1 is 0.980 bits per heavy atom. The summed E-state index contributed by atoms with van der Waals surface area (Å²) in [6.07, 6.45) is 13.8. The first-order chi connectivity index (χ1) is 23.9. The zero-order valence-electron chi connectivity index (χ0n) is 29.2. The van der Waals surface area contributed by atoms with E-state index in [1.165, 1.54) is 0 Å². The lowest BCUT2D eigenvalue weighted by Crippen LogP contribution is -2.32. The molecule has 0 aliphatic carbocycles. The Hall–Kier alpha value is -4.26. The maximum Gasteiger partial charge on any atom is 0.243 e. The number of hydrogen-bond donors (Lipinski definition) is 3. The van der Waals surface area contributed by atoms with Crippen LogP contribution in [-0.2, 0) is 20.9 Å². The standard InChI is InChI=1S/C37H51N7O5/c1-26(2)38-23-34(27-18-30(46-3)21-31(19-27)47-4)41-29-14-15-32-33(20-29)42-35(24-39-32)28-22-40-44(25-28)16-10-7-5-6-8-12-36(45)43-49-37-13-9-11-17-48-37/h14-15,18-22,24-26,34,37-38,41H,5-13,16-17,23H2,1-4H3,(H,43,45). The topological polar surface area (TPSA) is 134 Å². The number of hydrogen-bond acceptors (Lipinski definition) is 10. The van der Waals surface area contributed by atoms with Crippen LogP contribution in [0.1, 0.15) is 83.2 Å². The summed E-state index contributed by atoms with van der Waals surface area (Å²) < 4.78 is 18.5. The van der Waals surface area contributed by atoms with Gasteiger partial charge in [0.1, 0.15) is 11.5 Å². The van der Waals surface area contributed by atoms with Gasteiger partial charge in [0.2, 0.25) is 5.91 Å². The van der Waals surface area contributed by atoms with E-state index in [1.54, 1.807) is 20.4 Å². The third-order valence-electron chi connectivity index (χ3n) is 8.55. The van der Waals surface area contributed by atoms with Gasteiger partial charge in [-0.05, 0) is 61.6 Å². The number of rotatable bonds is 19. The molecule has 3 heterocycles. The van der Waals surface area contributed by atoms with Crippen molar-refractivity contribution in [2.24, 2.45) is 0 Å². The number of nitrogens with zero attached hydrogens (tertiary/aromatic N) is 4. The molecule has 2 aromatic heterocycles. The van der Waals surface area contributed by atoms with Crippen LogP contribution in [0, 0.1) is 0 Å². The maximum atomic E-state index is 12.0. The van der Waals surface area contributed by atoms with Gasteiger partial charge in [-0.25, -0.2) is 15.3 Å². The molecule has 12 nitrogen and oxygen atoms in total. The fourth-order valence-electron chi connectivity index (χ4n) is 5.77. The van der Waals surface area contributed by atoms with Gasteiger partial charge in [-0.1, -0.05) is 33.1 Å². The molecule has 12 heteroatoms. The Balaban J connectivity index is 1.12. The first kappa shape index (κ1) is 36.0. The minimum absolute atomic E-state index is 0.0428. The second kappa shape index (κ2) is 18.5. The van der Waals surface area contributed by atoms with Gasteiger partial charge < -0.3 is 24.8 Å². The van der Waals surface area contributed by atoms with Gasteiger partial charge in [-0.15, -0.1) is 0 Å². The highest BCUT2D eigenvalue weighted by atomic mass is 16.8. The lowest BCUT2D eigenvalue weighted by atomic mass is 10.0. The molecule has 1 saturated heterocycles. The molecule has 1 aliphatic rings. The van der Waals surface area contributed by atoms with E-state index >= 15 is 0 Å². The van der Waals surface area contributed by atoms with Crippen molar-refractivity contribution in [3.05, 3.63) is 60.6 Å². The lowest BCUT2D eigenvalue weighted by Gasteiger charge is -2.23. The number of aromatic nitrogens is 4. The van der Waals surface area contributed by atoms with Crippen LogP contribution in [-0.4, -0.2) is 65.4 Å². The number of carbonyl (C=O) groups is 1. The van der Waals surface area contributed by atoms with Crippen molar-refractivity contribution < 1.29 is 23.8 Å². The minimum atomic E-state index is -0.309. The highest BCUT2D eigenvalue weighted by molar-refractivity contribution is 5.80. The fraction of sp³-hybridized carbons (Fsp3) is 0.514. The first-order valence-corrected chi connectivity index (χ1v) is 17.5. The summed E-state index contributed by atoms with van der Waals surface area (Å²) in [4.78, 5) is 27.0. The number of hydroxylamine groups is 1. The highest BCUT2D eigenvalue weighted by Gasteiger charge is 2.17. The van der Waals surface area contributed by atoms with Crippen LogP contribution in [0.25, 0.3) is 22.3 Å². The lowest BCUT2D eigenvalue weighted by molar-refractivity contribution is -0.200. The van der Waals surface area contributed by atoms with E-state index in [2.05, 4.69) is 40.0 Å². The summed E-state index contributed by atoms with van der Waals surface area (Å²) in [6.45, 7) is 6.49. The summed E-state index contributed by atoms with van der Waals surface area (Å²) in [7, 11) is 3.32. The number of nitrogens with one attached hydrogen (secondary N) is 3. The monoisotopic (exact) mass is 673 g/mol. The van der Waals surface area contributed by atoms with Crippen molar-refractivity contribution in [1.29, 1.82) is 0 Å². The quantitative estimate of drug-likeness (QED) is 0.0741. The molecule has 0 spiro atoms. The van der Waals surface area contributed by atoms with Gasteiger partial charge in [-0.2, -0.15) is 5.10 Å². The molecular formula is C37H51N7O5. The maximum absolute atomic E-state index is 12.0. The molecule has 2 unspecified atom stereocenters. The molecule has 2 atom stereocenters. The summed E-state index contributed by atoms with van der Waals surface area (Å²) in [5, 5.41) is 11.8. The predicted octanol–water partition coefficient (Wildman–Crippen LogP) is 6.58. The molecule has 2 aromatic carbocycles. The smallest absolute Gasteiger partial charge is 0.243 e. The normalized spacial score (nSPS) is 15.3. The van der Waals surface area contributed by atoms with Crippen molar-refractivity contribution >= 4 is 22.6 Å². The number of fused-ring (bicyclic) bond motifs is 1. The van der Waals surface area contributed by atoms with Crippen LogP contribution in [0.5, 0.6) is 11.5 Å². The second-order valence-corrected chi connectivity index (χ2v) is 12.8. The predicted molar refractivity (Wildman–Crippen MR) is 190 cm³/mol. The average molecular weight is 674 g/mol. The molecule has 0 bridgehead atoms. The number of ether oxygens (including phenoxy) is 3. The Bertz CT molecular complexity index is 1600. The van der Waals surface area contributed by atoms with Crippen molar-refractivity contribution in [3.8, 4) is 22.8 Å². The molecule has 264 valence electrons. The summed E-state index contributed by atoms with van der Waals surface area (Å²) in [5.74, 6) is 1.40. The number of anilines is 1. The number of carbonyl (C=O) groups excluding carboxylic acids is 1. The van der Waals surface area contributed by atoms with E-state index in [-0.39, 0.29) is 18.2 Å². The van der Waals surface area contributed by atoms with Gasteiger partial charge in [0.25, 0.3) is 0 Å². The SMILES string of the molecule is COc1cc(OC)cc(C(CNC(C)C)Nc2ccc3ncc(-c4cnn(CCCCCCCC(=O)NOC5CCCCO5)c4)nc3c2)c1. The van der Waals surface area contributed by atoms with Crippen LogP contribution < -0.4 is 25.6 Å². The second-order valence-electron chi connectivity index (χ2n) is 12.8. The molecule has 4 aromatic rings. The molecule has 5 rings (SSSR count). The van der Waals surface area contributed by atoms with E-state index in [4.69, 9.17) is 24.0 Å². The first-order valence-electron chi connectivity index (χ1n) is 17.5. The average Bonchev–Trinajstić information content (AvgIpc) is 3.60. The molecular weight excluding hydrogens is 622 g/mol. The third-order valence-corrected chi connectivity index (χ3v) is 8.55. The van der Waals surface area contributed by atoms with Gasteiger partial charge in [0.15, 0.2) is 6.29 Å². The largest absolute Gasteiger partial charge is 0.497 e. The van der Waals surface area contributed by atoms with E-state index in [9.17, 15) is 4.79 Å². The van der Waals surface area contributed by atoms with Gasteiger partial charge >= 0.3 is 0 Å². The fourth-order valence-corrected chi connectivity index (χ4v) is 5.77. The van der Waals surface area contributed by atoms with Crippen molar-refractivity contribution in [3.63, 3.8) is 0 Å². The Kier molecular flexibility index (Phi) is 13.6. The number of aryl methyl sites for hydroxylation is 1. The molecule has 3 N–H and O–H groups in total. The number of benzene rings is 2. The Morgan fingerprint density at radius 2 is 1.78 bits per heavy atom. The van der Waals surface area contributed by atoms with Crippen molar-refractivity contribution in [2.75, 3.05) is 32.7 Å². The van der Waals surface area contributed by atoms with Crippen LogP contribution in [0.3, 0.4) is 0 Å². The van der Waals surface area contributed by atoms with Crippen LogP contribution >= 0.6 is 0 Å².